The fourth-order valence-corrected chi connectivity index (χ4v) is 2.35. The van der Waals surface area contributed by atoms with E-state index in [1.54, 1.807) is 0 Å². The lowest BCUT2D eigenvalue weighted by Gasteiger charge is -2.17. The van der Waals surface area contributed by atoms with Gasteiger partial charge < -0.3 is 10.6 Å². The number of nitrogens with zero attached hydrogens (tertiary/aromatic N) is 1. The van der Waals surface area contributed by atoms with Crippen molar-refractivity contribution in [2.75, 3.05) is 11.9 Å². The molecule has 3 nitrogen and oxygen atoms in total. The molecule has 4 heteroatoms. The van der Waals surface area contributed by atoms with Crippen molar-refractivity contribution in [3.63, 3.8) is 0 Å². The highest BCUT2D eigenvalue weighted by Gasteiger charge is 2.06. The van der Waals surface area contributed by atoms with Crippen LogP contribution in [0.1, 0.15) is 45.1 Å². The molecule has 0 bridgehead atoms. The van der Waals surface area contributed by atoms with Crippen LogP contribution in [0.4, 0.5) is 5.69 Å². The predicted octanol–water partition coefficient (Wildman–Crippen LogP) is 4.26. The normalized spacial score (nSPS) is 11.5. The largest absolute Gasteiger partial charge is 0.362 e. The zero-order valence-corrected chi connectivity index (χ0v) is 13.8. The van der Waals surface area contributed by atoms with Gasteiger partial charge in [-0.15, -0.1) is 0 Å². The number of hydrogen-bond acceptors (Lipinski definition) is 2. The standard InChI is InChI=1S/C17H25N3S/c1-3-5-6-14(4-2)13-19-17(21)20-16-9-7-15(8-10-16)11-12-18/h7-10,14H,3-6,11,13H2,1-2H3,(H2,19,20,21)/t14-/m0/s1. The molecule has 1 aromatic rings. The Hall–Kier alpha value is -1.60. The monoisotopic (exact) mass is 303 g/mol. The summed E-state index contributed by atoms with van der Waals surface area (Å²) >= 11 is 5.32. The molecular weight excluding hydrogens is 278 g/mol. The second kappa shape index (κ2) is 10.2. The van der Waals surface area contributed by atoms with Crippen LogP contribution in [0.2, 0.25) is 0 Å². The van der Waals surface area contributed by atoms with E-state index < -0.39 is 0 Å². The van der Waals surface area contributed by atoms with E-state index in [9.17, 15) is 0 Å². The topological polar surface area (TPSA) is 47.8 Å². The first kappa shape index (κ1) is 17.5. The second-order valence-electron chi connectivity index (χ2n) is 5.28. The Morgan fingerprint density at radius 3 is 2.57 bits per heavy atom. The van der Waals surface area contributed by atoms with Gasteiger partial charge in [0.05, 0.1) is 12.5 Å². The lowest BCUT2D eigenvalue weighted by molar-refractivity contribution is 0.446. The molecule has 0 aliphatic rings. The lowest BCUT2D eigenvalue weighted by atomic mass is 9.99. The maximum Gasteiger partial charge on any atom is 0.170 e. The number of benzene rings is 1. The Bertz CT molecular complexity index is 462. The van der Waals surface area contributed by atoms with E-state index in [-0.39, 0.29) is 0 Å². The minimum Gasteiger partial charge on any atom is -0.362 e. The maximum absolute atomic E-state index is 8.64. The van der Waals surface area contributed by atoms with Crippen LogP contribution >= 0.6 is 12.2 Å². The summed E-state index contributed by atoms with van der Waals surface area (Å²) in [6.45, 7) is 5.38. The Balaban J connectivity index is 2.37. The number of nitriles is 1. The first-order valence-electron chi connectivity index (χ1n) is 7.70. The van der Waals surface area contributed by atoms with E-state index in [0.717, 1.165) is 17.8 Å². The summed E-state index contributed by atoms with van der Waals surface area (Å²) in [6.07, 6.45) is 5.40. The van der Waals surface area contributed by atoms with Gasteiger partial charge in [0.15, 0.2) is 5.11 Å². The van der Waals surface area contributed by atoms with Gasteiger partial charge in [0.2, 0.25) is 0 Å². The second-order valence-corrected chi connectivity index (χ2v) is 5.69. The zero-order chi connectivity index (χ0) is 15.5. The van der Waals surface area contributed by atoms with Crippen molar-refractivity contribution in [1.82, 2.24) is 5.32 Å². The highest BCUT2D eigenvalue weighted by Crippen LogP contribution is 2.12. The summed E-state index contributed by atoms with van der Waals surface area (Å²) in [6, 6.07) is 9.95. The molecule has 0 heterocycles. The van der Waals surface area contributed by atoms with E-state index in [1.165, 1.54) is 25.7 Å². The van der Waals surface area contributed by atoms with Gasteiger partial charge in [0.25, 0.3) is 0 Å². The molecule has 0 radical (unpaired) electrons. The van der Waals surface area contributed by atoms with Crippen LogP contribution in [0.25, 0.3) is 0 Å². The van der Waals surface area contributed by atoms with E-state index in [2.05, 4.69) is 30.6 Å². The van der Waals surface area contributed by atoms with Crippen molar-refractivity contribution in [2.24, 2.45) is 5.92 Å². The van der Waals surface area contributed by atoms with Gasteiger partial charge in [-0.2, -0.15) is 5.26 Å². The van der Waals surface area contributed by atoms with Crippen molar-refractivity contribution < 1.29 is 0 Å². The van der Waals surface area contributed by atoms with Gasteiger partial charge in [-0.25, -0.2) is 0 Å². The highest BCUT2D eigenvalue weighted by atomic mass is 32.1. The first-order valence-corrected chi connectivity index (χ1v) is 8.11. The summed E-state index contributed by atoms with van der Waals surface area (Å²) in [5, 5.41) is 15.8. The molecule has 1 aromatic carbocycles. The maximum atomic E-state index is 8.64. The molecule has 0 amide bonds. The van der Waals surface area contributed by atoms with Crippen LogP contribution in [0.3, 0.4) is 0 Å². The van der Waals surface area contributed by atoms with Crippen molar-refractivity contribution in [1.29, 1.82) is 5.26 Å². The van der Waals surface area contributed by atoms with Gasteiger partial charge in [-0.3, -0.25) is 0 Å². The molecule has 0 saturated carbocycles. The smallest absolute Gasteiger partial charge is 0.170 e. The quantitative estimate of drug-likeness (QED) is 0.705. The fraction of sp³-hybridized carbons (Fsp3) is 0.529. The number of hydrogen-bond donors (Lipinski definition) is 2. The van der Waals surface area contributed by atoms with Crippen LogP contribution in [0.5, 0.6) is 0 Å². The van der Waals surface area contributed by atoms with Crippen LogP contribution in [-0.4, -0.2) is 11.7 Å². The molecule has 0 spiro atoms. The molecule has 0 fully saturated rings. The lowest BCUT2D eigenvalue weighted by Crippen LogP contribution is -2.32. The van der Waals surface area contributed by atoms with Crippen LogP contribution in [-0.2, 0) is 6.42 Å². The molecule has 0 aliphatic carbocycles. The number of nitrogens with one attached hydrogen (secondary N) is 2. The van der Waals surface area contributed by atoms with E-state index >= 15 is 0 Å². The molecule has 2 N–H and O–H groups in total. The summed E-state index contributed by atoms with van der Waals surface area (Å²) in [5.74, 6) is 0.683. The molecule has 21 heavy (non-hydrogen) atoms. The van der Waals surface area contributed by atoms with Crippen molar-refractivity contribution >= 4 is 23.0 Å². The zero-order valence-electron chi connectivity index (χ0n) is 13.0. The molecule has 0 unspecified atom stereocenters. The first-order chi connectivity index (χ1) is 10.2. The van der Waals surface area contributed by atoms with Crippen LogP contribution in [0.15, 0.2) is 24.3 Å². The molecule has 1 rings (SSSR count). The predicted molar refractivity (Wildman–Crippen MR) is 93.3 cm³/mol. The fourth-order valence-electron chi connectivity index (χ4n) is 2.15. The molecule has 114 valence electrons. The van der Waals surface area contributed by atoms with Gasteiger partial charge in [-0.1, -0.05) is 45.2 Å². The van der Waals surface area contributed by atoms with Crippen molar-refractivity contribution in [3.05, 3.63) is 29.8 Å². The summed E-state index contributed by atoms with van der Waals surface area (Å²) in [7, 11) is 0. The SMILES string of the molecule is CCCC[C@H](CC)CNC(=S)Nc1ccc(CC#N)cc1. The van der Waals surface area contributed by atoms with Crippen LogP contribution in [0, 0.1) is 17.2 Å². The molecular formula is C17H25N3S. The summed E-state index contributed by atoms with van der Waals surface area (Å²) in [5.41, 5.74) is 1.98. The van der Waals surface area contributed by atoms with Gasteiger partial charge in [0.1, 0.15) is 0 Å². The number of unbranched alkanes of at least 4 members (excludes halogenated alkanes) is 1. The molecule has 0 aliphatic heterocycles. The Labute approximate surface area is 133 Å². The Kier molecular flexibility index (Phi) is 8.45. The average molecular weight is 303 g/mol. The number of rotatable bonds is 8. The van der Waals surface area contributed by atoms with Gasteiger partial charge >= 0.3 is 0 Å². The minimum atomic E-state index is 0.443. The van der Waals surface area contributed by atoms with E-state index in [0.29, 0.717) is 17.5 Å². The summed E-state index contributed by atoms with van der Waals surface area (Å²) < 4.78 is 0. The molecule has 1 atom stereocenters. The third-order valence-electron chi connectivity index (χ3n) is 3.59. The highest BCUT2D eigenvalue weighted by molar-refractivity contribution is 7.80. The van der Waals surface area contributed by atoms with E-state index in [4.69, 9.17) is 17.5 Å². The third-order valence-corrected chi connectivity index (χ3v) is 3.84. The van der Waals surface area contributed by atoms with Gasteiger partial charge in [-0.05, 0) is 42.3 Å². The Morgan fingerprint density at radius 2 is 2.00 bits per heavy atom. The number of thiocarbonyl (C=S) groups is 1. The van der Waals surface area contributed by atoms with Crippen molar-refractivity contribution in [3.8, 4) is 6.07 Å². The number of anilines is 1. The van der Waals surface area contributed by atoms with E-state index in [1.807, 2.05) is 24.3 Å². The molecule has 0 saturated heterocycles. The van der Waals surface area contributed by atoms with Crippen LogP contribution < -0.4 is 10.6 Å². The summed E-state index contributed by atoms with van der Waals surface area (Å²) in [4.78, 5) is 0. The van der Waals surface area contributed by atoms with Gasteiger partial charge in [0, 0.05) is 12.2 Å². The third kappa shape index (κ3) is 7.10. The Morgan fingerprint density at radius 1 is 1.29 bits per heavy atom. The minimum absolute atomic E-state index is 0.443. The van der Waals surface area contributed by atoms with Crippen molar-refractivity contribution in [2.45, 2.75) is 46.0 Å². The average Bonchev–Trinajstić information content (AvgIpc) is 2.50. The molecule has 0 aromatic heterocycles.